The highest BCUT2D eigenvalue weighted by Gasteiger charge is 2.23. The molecule has 10 heteroatoms. The summed E-state index contributed by atoms with van der Waals surface area (Å²) in [6, 6.07) is 19.6. The zero-order valence-electron chi connectivity index (χ0n) is 17.3. The minimum Gasteiger partial charge on any atom is -0.319 e. The molecule has 1 atom stereocenters. The monoisotopic (exact) mass is 480 g/mol. The smallest absolute Gasteiger partial charge is 0.292 e. The number of nitro benzene ring substituents is 1. The third kappa shape index (κ3) is 4.74. The van der Waals surface area contributed by atoms with Crippen LogP contribution in [0.15, 0.2) is 82.7 Å². The van der Waals surface area contributed by atoms with Crippen molar-refractivity contribution in [2.45, 2.75) is 17.3 Å². The van der Waals surface area contributed by atoms with Crippen LogP contribution in [-0.2, 0) is 4.79 Å². The number of rotatable bonds is 6. The van der Waals surface area contributed by atoms with Gasteiger partial charge in [0, 0.05) is 11.1 Å². The lowest BCUT2D eigenvalue weighted by Crippen LogP contribution is -2.26. The molecule has 1 amide bonds. The average Bonchev–Trinajstić information content (AvgIpc) is 2.79. The molecule has 3 aromatic carbocycles. The van der Waals surface area contributed by atoms with Crippen LogP contribution in [0.25, 0.3) is 16.6 Å². The molecule has 0 spiro atoms. The fourth-order valence-electron chi connectivity index (χ4n) is 3.22. The Balaban J connectivity index is 1.72. The number of hydrogen-bond acceptors (Lipinski definition) is 6. The van der Waals surface area contributed by atoms with Gasteiger partial charge in [0.2, 0.25) is 5.91 Å². The van der Waals surface area contributed by atoms with E-state index in [2.05, 4.69) is 10.3 Å². The molecule has 0 saturated carbocycles. The first kappa shape index (κ1) is 22.5. The van der Waals surface area contributed by atoms with Gasteiger partial charge in [-0.15, -0.1) is 0 Å². The Hall–Kier alpha value is -3.69. The molecule has 8 nitrogen and oxygen atoms in total. The van der Waals surface area contributed by atoms with Crippen LogP contribution in [0.1, 0.15) is 6.92 Å². The molecular weight excluding hydrogens is 464 g/mol. The number of halogens is 1. The number of benzene rings is 3. The number of thioether (sulfide) groups is 1. The Bertz CT molecular complexity index is 1440. The number of carbonyl (C=O) groups excluding carboxylic acids is 1. The van der Waals surface area contributed by atoms with E-state index in [0.29, 0.717) is 26.8 Å². The quantitative estimate of drug-likeness (QED) is 0.179. The fourth-order valence-corrected chi connectivity index (χ4v) is 4.33. The van der Waals surface area contributed by atoms with E-state index in [1.54, 1.807) is 61.5 Å². The first-order valence-electron chi connectivity index (χ1n) is 9.84. The van der Waals surface area contributed by atoms with Crippen molar-refractivity contribution in [3.63, 3.8) is 0 Å². The second-order valence-corrected chi connectivity index (χ2v) is 8.80. The third-order valence-corrected chi connectivity index (χ3v) is 6.11. The summed E-state index contributed by atoms with van der Waals surface area (Å²) < 4.78 is 1.41. The highest BCUT2D eigenvalue weighted by Crippen LogP contribution is 2.28. The summed E-state index contributed by atoms with van der Waals surface area (Å²) in [5.74, 6) is -0.464. The Morgan fingerprint density at radius 3 is 2.61 bits per heavy atom. The molecule has 4 aromatic rings. The second kappa shape index (κ2) is 9.43. The van der Waals surface area contributed by atoms with Gasteiger partial charge in [0.1, 0.15) is 5.69 Å². The topological polar surface area (TPSA) is 107 Å². The molecule has 0 aliphatic heterocycles. The largest absolute Gasteiger partial charge is 0.319 e. The maximum Gasteiger partial charge on any atom is 0.292 e. The van der Waals surface area contributed by atoms with Crippen molar-refractivity contribution < 1.29 is 9.72 Å². The van der Waals surface area contributed by atoms with Crippen LogP contribution in [-0.4, -0.2) is 25.6 Å². The fraction of sp³-hybridized carbons (Fsp3) is 0.0870. The highest BCUT2D eigenvalue weighted by atomic mass is 35.5. The average molecular weight is 481 g/mol. The van der Waals surface area contributed by atoms with Gasteiger partial charge in [-0.05, 0) is 43.3 Å². The van der Waals surface area contributed by atoms with Crippen molar-refractivity contribution in [3.05, 3.63) is 98.3 Å². The van der Waals surface area contributed by atoms with E-state index < -0.39 is 16.1 Å². The molecule has 33 heavy (non-hydrogen) atoms. The molecule has 0 bridgehead atoms. The molecule has 4 rings (SSSR count). The maximum atomic E-state index is 13.3. The van der Waals surface area contributed by atoms with Gasteiger partial charge < -0.3 is 5.32 Å². The Morgan fingerprint density at radius 1 is 1.12 bits per heavy atom. The standard InChI is InChI=1S/C23H17ClN4O4S/c1-14(21(29)25-19-11-4-5-12-20(19)28(31)32)33-23-26-18-10-3-2-9-17(18)22(30)27(23)16-8-6-7-15(24)13-16/h2-14H,1H3,(H,25,29). The summed E-state index contributed by atoms with van der Waals surface area (Å²) in [6.45, 7) is 1.64. The van der Waals surface area contributed by atoms with Crippen molar-refractivity contribution in [1.82, 2.24) is 9.55 Å². The van der Waals surface area contributed by atoms with Crippen molar-refractivity contribution in [3.8, 4) is 5.69 Å². The second-order valence-electron chi connectivity index (χ2n) is 7.06. The van der Waals surface area contributed by atoms with Gasteiger partial charge in [-0.25, -0.2) is 4.98 Å². The van der Waals surface area contributed by atoms with Crippen molar-refractivity contribution in [2.75, 3.05) is 5.32 Å². The molecule has 0 saturated heterocycles. The summed E-state index contributed by atoms with van der Waals surface area (Å²) >= 11 is 7.21. The zero-order valence-corrected chi connectivity index (χ0v) is 18.8. The van der Waals surface area contributed by atoms with E-state index >= 15 is 0 Å². The van der Waals surface area contributed by atoms with Gasteiger partial charge in [-0.3, -0.25) is 24.3 Å². The Labute approximate surface area is 197 Å². The first-order chi connectivity index (χ1) is 15.8. The van der Waals surface area contributed by atoms with Crippen molar-refractivity contribution in [1.29, 1.82) is 0 Å². The number of nitro groups is 1. The Kier molecular flexibility index (Phi) is 6.43. The number of aromatic nitrogens is 2. The van der Waals surface area contributed by atoms with Gasteiger partial charge in [0.05, 0.1) is 26.8 Å². The minimum absolute atomic E-state index is 0.0960. The van der Waals surface area contributed by atoms with Crippen LogP contribution >= 0.6 is 23.4 Å². The van der Waals surface area contributed by atoms with E-state index in [0.717, 1.165) is 11.8 Å². The van der Waals surface area contributed by atoms with E-state index in [-0.39, 0.29) is 16.9 Å². The van der Waals surface area contributed by atoms with Crippen LogP contribution in [0.2, 0.25) is 5.02 Å². The van der Waals surface area contributed by atoms with E-state index in [9.17, 15) is 19.7 Å². The predicted octanol–water partition coefficient (Wildman–Crippen LogP) is 5.07. The number of amides is 1. The molecule has 0 radical (unpaired) electrons. The maximum absolute atomic E-state index is 13.3. The lowest BCUT2D eigenvalue weighted by molar-refractivity contribution is -0.383. The lowest BCUT2D eigenvalue weighted by Gasteiger charge is -2.16. The summed E-state index contributed by atoms with van der Waals surface area (Å²) in [4.78, 5) is 41.5. The predicted molar refractivity (Wildman–Crippen MR) is 129 cm³/mol. The van der Waals surface area contributed by atoms with Crippen LogP contribution < -0.4 is 10.9 Å². The molecule has 1 unspecified atom stereocenters. The summed E-state index contributed by atoms with van der Waals surface area (Å²) in [5.41, 5.74) is 0.604. The molecule has 0 aliphatic carbocycles. The Morgan fingerprint density at radius 2 is 1.85 bits per heavy atom. The number of para-hydroxylation sites is 3. The van der Waals surface area contributed by atoms with Crippen molar-refractivity contribution in [2.24, 2.45) is 0 Å². The van der Waals surface area contributed by atoms with Gasteiger partial charge >= 0.3 is 0 Å². The van der Waals surface area contributed by atoms with Crippen molar-refractivity contribution >= 4 is 51.5 Å². The number of nitrogens with zero attached hydrogens (tertiary/aromatic N) is 3. The number of nitrogens with one attached hydrogen (secondary N) is 1. The van der Waals surface area contributed by atoms with Crippen LogP contribution in [0, 0.1) is 10.1 Å². The molecule has 1 heterocycles. The van der Waals surface area contributed by atoms with Gasteiger partial charge in [-0.1, -0.05) is 53.7 Å². The van der Waals surface area contributed by atoms with Gasteiger partial charge in [0.25, 0.3) is 11.2 Å². The normalized spacial score (nSPS) is 11.8. The molecule has 0 aliphatic rings. The van der Waals surface area contributed by atoms with E-state index in [1.807, 2.05) is 0 Å². The van der Waals surface area contributed by atoms with Crippen LogP contribution in [0.3, 0.4) is 0 Å². The van der Waals surface area contributed by atoms with Gasteiger partial charge in [-0.2, -0.15) is 0 Å². The summed E-state index contributed by atoms with van der Waals surface area (Å²) in [6.07, 6.45) is 0. The van der Waals surface area contributed by atoms with Crippen LogP contribution in [0.4, 0.5) is 11.4 Å². The number of carbonyl (C=O) groups is 1. The molecule has 0 fully saturated rings. The SMILES string of the molecule is CC(Sc1nc2ccccc2c(=O)n1-c1cccc(Cl)c1)C(=O)Nc1ccccc1[N+](=O)[O-]. The third-order valence-electron chi connectivity index (χ3n) is 4.82. The first-order valence-corrected chi connectivity index (χ1v) is 11.1. The molecule has 1 N–H and O–H groups in total. The number of fused-ring (bicyclic) bond motifs is 1. The molecule has 1 aromatic heterocycles. The minimum atomic E-state index is -0.719. The number of anilines is 1. The molecule has 166 valence electrons. The highest BCUT2D eigenvalue weighted by molar-refractivity contribution is 8.00. The number of hydrogen-bond donors (Lipinski definition) is 1. The van der Waals surface area contributed by atoms with E-state index in [4.69, 9.17) is 11.6 Å². The van der Waals surface area contributed by atoms with E-state index in [1.165, 1.54) is 22.8 Å². The van der Waals surface area contributed by atoms with Gasteiger partial charge in [0.15, 0.2) is 5.16 Å². The lowest BCUT2D eigenvalue weighted by atomic mass is 10.2. The van der Waals surface area contributed by atoms with Crippen LogP contribution in [0.5, 0.6) is 0 Å². The zero-order chi connectivity index (χ0) is 23.5. The summed E-state index contributed by atoms with van der Waals surface area (Å²) in [7, 11) is 0. The molecular formula is C23H17ClN4O4S. The summed E-state index contributed by atoms with van der Waals surface area (Å²) in [5, 5.41) is 14.3.